The first-order valence-corrected chi connectivity index (χ1v) is 7.95. The summed E-state index contributed by atoms with van der Waals surface area (Å²) >= 11 is 0. The monoisotopic (exact) mass is 343 g/mol. The first-order chi connectivity index (χ1) is 12.6. The van der Waals surface area contributed by atoms with Crippen molar-refractivity contribution in [1.82, 2.24) is 4.98 Å². The standard InChI is InChI=1S/C20H13N3O3/c24-18(17-10-3-4-11-21-17)22-13-6-5-7-14(12-13)23-19(25)15-8-1-2-9-16(15)20(23)26/h1-12H,(H,22,24). The number of hydrogen-bond acceptors (Lipinski definition) is 4. The Labute approximate surface area is 149 Å². The molecule has 0 radical (unpaired) electrons. The number of imide groups is 1. The van der Waals surface area contributed by atoms with Crippen LogP contribution in [0.1, 0.15) is 31.2 Å². The van der Waals surface area contributed by atoms with Crippen molar-refractivity contribution < 1.29 is 14.4 Å². The minimum atomic E-state index is -0.376. The number of carbonyl (C=O) groups is 3. The molecule has 0 saturated carbocycles. The SMILES string of the molecule is O=C(Nc1cccc(N2C(=O)c3ccccc3C2=O)c1)c1ccccn1. The molecule has 0 spiro atoms. The molecule has 0 saturated heterocycles. The van der Waals surface area contributed by atoms with Crippen LogP contribution in [0.4, 0.5) is 11.4 Å². The minimum Gasteiger partial charge on any atom is -0.321 e. The lowest BCUT2D eigenvalue weighted by atomic mass is 10.1. The Hall–Kier alpha value is -3.80. The second-order valence-corrected chi connectivity index (χ2v) is 5.71. The molecule has 3 aromatic rings. The van der Waals surface area contributed by atoms with E-state index in [1.807, 2.05) is 0 Å². The lowest BCUT2D eigenvalue weighted by molar-refractivity contribution is 0.0925. The summed E-state index contributed by atoms with van der Waals surface area (Å²) in [4.78, 5) is 42.5. The third-order valence-corrected chi connectivity index (χ3v) is 4.05. The predicted octanol–water partition coefficient (Wildman–Crippen LogP) is 3.13. The number of rotatable bonds is 3. The average molecular weight is 343 g/mol. The summed E-state index contributed by atoms with van der Waals surface area (Å²) in [5.74, 6) is -1.12. The summed E-state index contributed by atoms with van der Waals surface area (Å²) in [6.45, 7) is 0. The molecule has 0 bridgehead atoms. The highest BCUT2D eigenvalue weighted by molar-refractivity contribution is 6.34. The zero-order valence-electron chi connectivity index (χ0n) is 13.5. The van der Waals surface area contributed by atoms with Crippen LogP contribution in [0.5, 0.6) is 0 Å². The van der Waals surface area contributed by atoms with Crippen molar-refractivity contribution >= 4 is 29.1 Å². The number of nitrogens with one attached hydrogen (secondary N) is 1. The number of nitrogens with zero attached hydrogens (tertiary/aromatic N) is 2. The number of aromatic nitrogens is 1. The molecule has 26 heavy (non-hydrogen) atoms. The van der Waals surface area contributed by atoms with Crippen LogP contribution in [0, 0.1) is 0 Å². The van der Waals surface area contributed by atoms with Gasteiger partial charge in [-0.3, -0.25) is 19.4 Å². The van der Waals surface area contributed by atoms with E-state index in [0.717, 1.165) is 4.90 Å². The van der Waals surface area contributed by atoms with E-state index in [2.05, 4.69) is 10.3 Å². The van der Waals surface area contributed by atoms with Crippen LogP contribution in [0.2, 0.25) is 0 Å². The molecular formula is C20H13N3O3. The Morgan fingerprint density at radius 1 is 0.846 bits per heavy atom. The number of benzene rings is 2. The van der Waals surface area contributed by atoms with Crippen LogP contribution in [0.25, 0.3) is 0 Å². The number of hydrogen-bond donors (Lipinski definition) is 1. The normalized spacial score (nSPS) is 12.8. The molecule has 4 rings (SSSR count). The summed E-state index contributed by atoms with van der Waals surface area (Å²) in [6, 6.07) is 18.3. The zero-order chi connectivity index (χ0) is 18.1. The second kappa shape index (κ2) is 6.25. The molecule has 0 unspecified atom stereocenters. The summed E-state index contributed by atoms with van der Waals surface area (Å²) in [5.41, 5.74) is 1.89. The summed E-state index contributed by atoms with van der Waals surface area (Å²) in [5, 5.41) is 2.72. The third-order valence-electron chi connectivity index (χ3n) is 4.05. The van der Waals surface area contributed by atoms with Crippen molar-refractivity contribution in [2.75, 3.05) is 10.2 Å². The summed E-state index contributed by atoms with van der Waals surface area (Å²) in [7, 11) is 0. The van der Waals surface area contributed by atoms with Crippen molar-refractivity contribution in [2.45, 2.75) is 0 Å². The molecule has 126 valence electrons. The van der Waals surface area contributed by atoms with Gasteiger partial charge >= 0.3 is 0 Å². The number of fused-ring (bicyclic) bond motifs is 1. The van der Waals surface area contributed by atoms with Gasteiger partial charge in [0.25, 0.3) is 17.7 Å². The molecule has 1 aliphatic heterocycles. The van der Waals surface area contributed by atoms with Crippen LogP contribution >= 0.6 is 0 Å². The number of pyridine rings is 1. The number of amides is 3. The van der Waals surface area contributed by atoms with Crippen LogP contribution in [0.15, 0.2) is 72.9 Å². The molecular weight excluding hydrogens is 330 g/mol. The molecule has 1 aromatic heterocycles. The Bertz CT molecular complexity index is 996. The average Bonchev–Trinajstić information content (AvgIpc) is 2.94. The van der Waals surface area contributed by atoms with E-state index in [4.69, 9.17) is 0 Å². The van der Waals surface area contributed by atoms with Gasteiger partial charge < -0.3 is 5.32 Å². The number of anilines is 2. The molecule has 1 aliphatic rings. The van der Waals surface area contributed by atoms with Gasteiger partial charge in [-0.25, -0.2) is 4.90 Å². The maximum absolute atomic E-state index is 12.6. The van der Waals surface area contributed by atoms with Crippen LogP contribution in [-0.2, 0) is 0 Å². The van der Waals surface area contributed by atoms with Crippen molar-refractivity contribution in [3.8, 4) is 0 Å². The smallest absolute Gasteiger partial charge is 0.274 e. The first-order valence-electron chi connectivity index (χ1n) is 7.95. The highest BCUT2D eigenvalue weighted by Gasteiger charge is 2.36. The van der Waals surface area contributed by atoms with Gasteiger partial charge in [0, 0.05) is 11.9 Å². The zero-order valence-corrected chi connectivity index (χ0v) is 13.5. The van der Waals surface area contributed by atoms with Crippen LogP contribution in [0.3, 0.4) is 0 Å². The highest BCUT2D eigenvalue weighted by Crippen LogP contribution is 2.29. The van der Waals surface area contributed by atoms with Crippen molar-refractivity contribution in [3.63, 3.8) is 0 Å². The first kappa shape index (κ1) is 15.7. The van der Waals surface area contributed by atoms with Gasteiger partial charge in [-0.05, 0) is 42.5 Å². The largest absolute Gasteiger partial charge is 0.321 e. The molecule has 0 atom stereocenters. The van der Waals surface area contributed by atoms with Gasteiger partial charge in [-0.2, -0.15) is 0 Å². The van der Waals surface area contributed by atoms with Crippen molar-refractivity contribution in [3.05, 3.63) is 89.7 Å². The van der Waals surface area contributed by atoms with E-state index in [9.17, 15) is 14.4 Å². The highest BCUT2D eigenvalue weighted by atomic mass is 16.2. The second-order valence-electron chi connectivity index (χ2n) is 5.71. The van der Waals surface area contributed by atoms with E-state index < -0.39 is 0 Å². The maximum atomic E-state index is 12.6. The fourth-order valence-electron chi connectivity index (χ4n) is 2.84. The third kappa shape index (κ3) is 2.63. The van der Waals surface area contributed by atoms with E-state index in [-0.39, 0.29) is 23.4 Å². The molecule has 6 nitrogen and oxygen atoms in total. The Kier molecular flexibility index (Phi) is 3.78. The van der Waals surface area contributed by atoms with Crippen molar-refractivity contribution in [2.24, 2.45) is 0 Å². The quantitative estimate of drug-likeness (QED) is 0.741. The topological polar surface area (TPSA) is 79.4 Å². The fourth-order valence-corrected chi connectivity index (χ4v) is 2.84. The van der Waals surface area contributed by atoms with E-state index >= 15 is 0 Å². The Balaban J connectivity index is 1.62. The van der Waals surface area contributed by atoms with Gasteiger partial charge in [0.2, 0.25) is 0 Å². The predicted molar refractivity (Wildman–Crippen MR) is 96.2 cm³/mol. The van der Waals surface area contributed by atoms with E-state index in [1.165, 1.54) is 6.20 Å². The molecule has 2 heterocycles. The summed E-state index contributed by atoms with van der Waals surface area (Å²) < 4.78 is 0. The molecule has 0 fully saturated rings. The lowest BCUT2D eigenvalue weighted by Crippen LogP contribution is -2.29. The van der Waals surface area contributed by atoms with Crippen LogP contribution < -0.4 is 10.2 Å². The van der Waals surface area contributed by atoms with E-state index in [0.29, 0.717) is 22.5 Å². The molecule has 3 amide bonds. The van der Waals surface area contributed by atoms with E-state index in [1.54, 1.807) is 66.7 Å². The van der Waals surface area contributed by atoms with Crippen LogP contribution in [-0.4, -0.2) is 22.7 Å². The van der Waals surface area contributed by atoms with Gasteiger partial charge in [0.15, 0.2) is 0 Å². The van der Waals surface area contributed by atoms with Gasteiger partial charge in [0.1, 0.15) is 5.69 Å². The minimum absolute atomic E-state index is 0.277. The Morgan fingerprint density at radius 3 is 2.19 bits per heavy atom. The van der Waals surface area contributed by atoms with Crippen molar-refractivity contribution in [1.29, 1.82) is 0 Å². The molecule has 6 heteroatoms. The molecule has 2 aromatic carbocycles. The molecule has 1 N–H and O–H groups in total. The Morgan fingerprint density at radius 2 is 1.54 bits per heavy atom. The molecule has 0 aliphatic carbocycles. The number of carbonyl (C=O) groups excluding carboxylic acids is 3. The van der Waals surface area contributed by atoms with Gasteiger partial charge in [-0.1, -0.05) is 24.3 Å². The lowest BCUT2D eigenvalue weighted by Gasteiger charge is -2.15. The fraction of sp³-hybridized carbons (Fsp3) is 0. The van der Waals surface area contributed by atoms with Gasteiger partial charge in [0.05, 0.1) is 16.8 Å². The summed E-state index contributed by atoms with van der Waals surface area (Å²) in [6.07, 6.45) is 1.53. The van der Waals surface area contributed by atoms with Gasteiger partial charge in [-0.15, -0.1) is 0 Å². The maximum Gasteiger partial charge on any atom is 0.274 e.